The van der Waals surface area contributed by atoms with Crippen molar-refractivity contribution < 1.29 is 4.79 Å². The Hall–Kier alpha value is -2.08. The van der Waals surface area contributed by atoms with Crippen molar-refractivity contribution in [3.8, 4) is 6.07 Å². The Balaban J connectivity index is 2.81. The smallest absolute Gasteiger partial charge is 0.238 e. The maximum absolute atomic E-state index is 11.1. The highest BCUT2D eigenvalue weighted by Crippen LogP contribution is 2.15. The zero-order valence-electron chi connectivity index (χ0n) is 7.66. The summed E-state index contributed by atoms with van der Waals surface area (Å²) in [5.74, 6) is -0.304. The van der Waals surface area contributed by atoms with Gasteiger partial charge in [-0.15, -0.1) is 0 Å². The molecule has 0 spiro atoms. The van der Waals surface area contributed by atoms with Crippen LogP contribution in [0.3, 0.4) is 0 Å². The van der Waals surface area contributed by atoms with Crippen LogP contribution in [0.1, 0.15) is 12.0 Å². The van der Waals surface area contributed by atoms with Crippen LogP contribution in [-0.4, -0.2) is 5.91 Å². The number of para-hydroxylation sites is 1. The van der Waals surface area contributed by atoms with Crippen molar-refractivity contribution in [1.82, 2.24) is 0 Å². The van der Waals surface area contributed by atoms with Gasteiger partial charge < -0.3 is 5.32 Å². The van der Waals surface area contributed by atoms with Crippen LogP contribution >= 0.6 is 0 Å². The number of hydrogen-bond donors (Lipinski definition) is 1. The lowest BCUT2D eigenvalue weighted by molar-refractivity contribution is -0.115. The van der Waals surface area contributed by atoms with E-state index < -0.39 is 0 Å². The van der Waals surface area contributed by atoms with E-state index in [-0.39, 0.29) is 12.3 Å². The minimum Gasteiger partial charge on any atom is -0.325 e. The van der Waals surface area contributed by atoms with Gasteiger partial charge in [0.25, 0.3) is 0 Å². The van der Waals surface area contributed by atoms with Crippen molar-refractivity contribution in [2.75, 3.05) is 5.32 Å². The molecule has 1 N–H and O–H groups in total. The number of carbonyl (C=O) groups excluding carboxylic acids is 1. The van der Waals surface area contributed by atoms with Gasteiger partial charge in [-0.2, -0.15) is 5.26 Å². The molecular formula is C11H10N2O. The molecule has 1 aromatic carbocycles. The van der Waals surface area contributed by atoms with E-state index in [2.05, 4.69) is 11.9 Å². The molecule has 1 aromatic rings. The van der Waals surface area contributed by atoms with Crippen molar-refractivity contribution in [3.05, 3.63) is 36.4 Å². The van der Waals surface area contributed by atoms with Crippen LogP contribution in [0, 0.1) is 11.3 Å². The summed E-state index contributed by atoms with van der Waals surface area (Å²) in [6.07, 6.45) is 1.52. The molecule has 70 valence electrons. The predicted octanol–water partition coefficient (Wildman–Crippen LogP) is 2.18. The molecule has 0 unspecified atom stereocenters. The average Bonchev–Trinajstić information content (AvgIpc) is 2.19. The minimum atomic E-state index is -0.304. The Labute approximate surface area is 82.7 Å². The number of nitrogens with one attached hydrogen (secondary N) is 1. The van der Waals surface area contributed by atoms with Gasteiger partial charge in [-0.1, -0.05) is 30.9 Å². The van der Waals surface area contributed by atoms with Crippen LogP contribution in [-0.2, 0) is 4.79 Å². The first-order valence-electron chi connectivity index (χ1n) is 4.16. The first kappa shape index (κ1) is 10.0. The van der Waals surface area contributed by atoms with Gasteiger partial charge in [0.15, 0.2) is 0 Å². The van der Waals surface area contributed by atoms with E-state index in [1.165, 1.54) is 0 Å². The van der Waals surface area contributed by atoms with Crippen LogP contribution < -0.4 is 5.32 Å². The topological polar surface area (TPSA) is 52.9 Å². The van der Waals surface area contributed by atoms with Crippen LogP contribution in [0.4, 0.5) is 5.69 Å². The van der Waals surface area contributed by atoms with Gasteiger partial charge in [0.2, 0.25) is 5.91 Å². The Kier molecular flexibility index (Phi) is 3.45. The molecule has 0 atom stereocenters. The van der Waals surface area contributed by atoms with Crippen LogP contribution in [0.2, 0.25) is 0 Å². The summed E-state index contributed by atoms with van der Waals surface area (Å²) in [6.45, 7) is 3.63. The maximum Gasteiger partial charge on any atom is 0.238 e. The molecule has 0 aliphatic heterocycles. The number of amides is 1. The van der Waals surface area contributed by atoms with Gasteiger partial charge in [-0.3, -0.25) is 4.79 Å². The van der Waals surface area contributed by atoms with E-state index in [0.717, 1.165) is 5.56 Å². The van der Waals surface area contributed by atoms with Crippen molar-refractivity contribution >= 4 is 17.7 Å². The predicted molar refractivity (Wildman–Crippen MR) is 55.4 cm³/mol. The summed E-state index contributed by atoms with van der Waals surface area (Å²) in [4.78, 5) is 11.1. The number of anilines is 1. The molecule has 3 nitrogen and oxygen atoms in total. The summed E-state index contributed by atoms with van der Waals surface area (Å²) in [6, 6.07) is 9.07. The zero-order valence-corrected chi connectivity index (χ0v) is 7.66. The molecule has 0 saturated carbocycles. The van der Waals surface area contributed by atoms with Gasteiger partial charge in [-0.05, 0) is 11.6 Å². The molecule has 3 heteroatoms. The molecule has 0 saturated heterocycles. The molecule has 1 rings (SSSR count). The molecule has 0 bridgehead atoms. The van der Waals surface area contributed by atoms with E-state index in [1.807, 2.05) is 18.2 Å². The van der Waals surface area contributed by atoms with E-state index >= 15 is 0 Å². The maximum atomic E-state index is 11.1. The number of rotatable bonds is 3. The standard InChI is InChI=1S/C11H10N2O/c1-2-9-5-3-4-6-10(9)13-11(14)7-8-12/h2-6H,1,7H2,(H,13,14). The molecule has 14 heavy (non-hydrogen) atoms. The van der Waals surface area contributed by atoms with Crippen molar-refractivity contribution in [2.24, 2.45) is 0 Å². The highest BCUT2D eigenvalue weighted by Gasteiger charge is 2.02. The lowest BCUT2D eigenvalue weighted by Crippen LogP contribution is -2.10. The van der Waals surface area contributed by atoms with Crippen LogP contribution in [0.15, 0.2) is 30.8 Å². The SMILES string of the molecule is C=Cc1ccccc1NC(=O)CC#N. The molecule has 0 radical (unpaired) electrons. The molecular weight excluding hydrogens is 176 g/mol. The van der Waals surface area contributed by atoms with E-state index in [4.69, 9.17) is 5.26 Å². The van der Waals surface area contributed by atoms with Gasteiger partial charge in [0, 0.05) is 5.69 Å². The number of hydrogen-bond acceptors (Lipinski definition) is 2. The quantitative estimate of drug-likeness (QED) is 0.786. The van der Waals surface area contributed by atoms with Gasteiger partial charge in [-0.25, -0.2) is 0 Å². The number of carbonyl (C=O) groups is 1. The average molecular weight is 186 g/mol. The second-order valence-electron chi connectivity index (χ2n) is 2.67. The fraction of sp³-hybridized carbons (Fsp3) is 0.0909. The highest BCUT2D eigenvalue weighted by molar-refractivity contribution is 5.93. The largest absolute Gasteiger partial charge is 0.325 e. The number of benzene rings is 1. The van der Waals surface area contributed by atoms with Crippen LogP contribution in [0.5, 0.6) is 0 Å². The van der Waals surface area contributed by atoms with E-state index in [0.29, 0.717) is 5.69 Å². The molecule has 0 fully saturated rings. The van der Waals surface area contributed by atoms with Gasteiger partial charge >= 0.3 is 0 Å². The Morgan fingerprint density at radius 2 is 2.29 bits per heavy atom. The Morgan fingerprint density at radius 3 is 2.93 bits per heavy atom. The summed E-state index contributed by atoms with van der Waals surface area (Å²) in [7, 11) is 0. The van der Waals surface area contributed by atoms with Gasteiger partial charge in [0.05, 0.1) is 6.07 Å². The zero-order chi connectivity index (χ0) is 10.4. The molecule has 0 aliphatic rings. The second-order valence-corrected chi connectivity index (χ2v) is 2.67. The third kappa shape index (κ3) is 2.46. The fourth-order valence-corrected chi connectivity index (χ4v) is 1.06. The summed E-state index contributed by atoms with van der Waals surface area (Å²) < 4.78 is 0. The highest BCUT2D eigenvalue weighted by atomic mass is 16.1. The third-order valence-corrected chi connectivity index (χ3v) is 1.69. The Bertz CT molecular complexity index is 391. The van der Waals surface area contributed by atoms with Crippen molar-refractivity contribution in [3.63, 3.8) is 0 Å². The monoisotopic (exact) mass is 186 g/mol. The number of nitriles is 1. The molecule has 1 amide bonds. The Morgan fingerprint density at radius 1 is 1.57 bits per heavy atom. The fourth-order valence-electron chi connectivity index (χ4n) is 1.06. The minimum absolute atomic E-state index is 0.133. The summed E-state index contributed by atoms with van der Waals surface area (Å²) in [5.41, 5.74) is 1.53. The summed E-state index contributed by atoms with van der Waals surface area (Å²) in [5, 5.41) is 10.9. The molecule has 0 aliphatic carbocycles. The summed E-state index contributed by atoms with van der Waals surface area (Å²) >= 11 is 0. The van der Waals surface area contributed by atoms with E-state index in [1.54, 1.807) is 18.2 Å². The normalized spacial score (nSPS) is 8.79. The van der Waals surface area contributed by atoms with Crippen molar-refractivity contribution in [2.45, 2.75) is 6.42 Å². The third-order valence-electron chi connectivity index (χ3n) is 1.69. The van der Waals surface area contributed by atoms with Gasteiger partial charge in [0.1, 0.15) is 6.42 Å². The van der Waals surface area contributed by atoms with Crippen molar-refractivity contribution in [1.29, 1.82) is 5.26 Å². The first-order valence-corrected chi connectivity index (χ1v) is 4.16. The first-order chi connectivity index (χ1) is 6.77. The van der Waals surface area contributed by atoms with Crippen LogP contribution in [0.25, 0.3) is 6.08 Å². The molecule has 0 aromatic heterocycles. The lowest BCUT2D eigenvalue weighted by atomic mass is 10.2. The number of nitrogens with zero attached hydrogens (tertiary/aromatic N) is 1. The molecule has 0 heterocycles. The lowest BCUT2D eigenvalue weighted by Gasteiger charge is -2.05. The van der Waals surface area contributed by atoms with E-state index in [9.17, 15) is 4.79 Å². The second kappa shape index (κ2) is 4.83.